The average molecular weight is 433 g/mol. The van der Waals surface area contributed by atoms with E-state index in [0.29, 0.717) is 26.3 Å². The number of ether oxygens (including phenoxy) is 2. The van der Waals surface area contributed by atoms with Crippen LogP contribution in [0.3, 0.4) is 0 Å². The lowest BCUT2D eigenvalue weighted by Crippen LogP contribution is -2.37. The van der Waals surface area contributed by atoms with Gasteiger partial charge < -0.3 is 30.3 Å². The van der Waals surface area contributed by atoms with Gasteiger partial charge in [-0.05, 0) is 12.8 Å². The second-order valence-electron chi connectivity index (χ2n) is 8.40. The van der Waals surface area contributed by atoms with Crippen molar-refractivity contribution in [3.63, 3.8) is 0 Å². The lowest BCUT2D eigenvalue weighted by Gasteiger charge is -2.14. The highest BCUT2D eigenvalue weighted by Crippen LogP contribution is 2.05. The molecule has 0 aliphatic carbocycles. The SMILES string of the molecule is CCCCCCCCOCC(O)CNCCNCC(O)COCCCCCCCC. The van der Waals surface area contributed by atoms with Crippen LogP contribution in [0.15, 0.2) is 0 Å². The first-order valence-corrected chi connectivity index (χ1v) is 12.6. The van der Waals surface area contributed by atoms with Gasteiger partial charge in [-0.15, -0.1) is 0 Å². The van der Waals surface area contributed by atoms with Crippen LogP contribution in [0.2, 0.25) is 0 Å². The summed E-state index contributed by atoms with van der Waals surface area (Å²) in [5.41, 5.74) is 0. The molecule has 0 saturated heterocycles. The Labute approximate surface area is 186 Å². The Morgan fingerprint density at radius 3 is 1.33 bits per heavy atom. The zero-order valence-electron chi connectivity index (χ0n) is 20.0. The Hall–Kier alpha value is -0.240. The van der Waals surface area contributed by atoms with Gasteiger partial charge in [-0.2, -0.15) is 0 Å². The largest absolute Gasteiger partial charge is 0.389 e. The van der Waals surface area contributed by atoms with E-state index in [4.69, 9.17) is 9.47 Å². The zero-order chi connectivity index (χ0) is 22.1. The third-order valence-electron chi connectivity index (χ3n) is 5.14. The maximum Gasteiger partial charge on any atom is 0.0897 e. The van der Waals surface area contributed by atoms with E-state index in [1.54, 1.807) is 0 Å². The Kier molecular flexibility index (Phi) is 24.8. The molecule has 0 radical (unpaired) electrons. The van der Waals surface area contributed by atoms with E-state index in [1.165, 1.54) is 64.2 Å². The first kappa shape index (κ1) is 29.8. The number of aliphatic hydroxyl groups excluding tert-OH is 2. The van der Waals surface area contributed by atoms with Crippen LogP contribution in [0.4, 0.5) is 0 Å². The van der Waals surface area contributed by atoms with Crippen LogP contribution in [0.25, 0.3) is 0 Å². The molecular formula is C24H52N2O4. The summed E-state index contributed by atoms with van der Waals surface area (Å²) in [5, 5.41) is 26.2. The molecule has 0 fully saturated rings. The second-order valence-corrected chi connectivity index (χ2v) is 8.40. The molecule has 0 aliphatic rings. The Balaban J connectivity index is 3.25. The molecule has 0 aliphatic heterocycles. The third-order valence-corrected chi connectivity index (χ3v) is 5.14. The quantitative estimate of drug-likeness (QED) is 0.165. The van der Waals surface area contributed by atoms with Gasteiger partial charge in [0, 0.05) is 39.4 Å². The molecule has 6 nitrogen and oxygen atoms in total. The molecule has 2 atom stereocenters. The lowest BCUT2D eigenvalue weighted by molar-refractivity contribution is 0.0339. The minimum atomic E-state index is -0.467. The minimum absolute atomic E-state index is 0.393. The van der Waals surface area contributed by atoms with Crippen molar-refractivity contribution in [3.05, 3.63) is 0 Å². The molecule has 0 aromatic rings. The molecule has 6 heteroatoms. The topological polar surface area (TPSA) is 83.0 Å². The number of hydrogen-bond donors (Lipinski definition) is 4. The standard InChI is InChI=1S/C24H52N2O4/c1-3-5-7-9-11-13-17-29-21-23(27)19-25-15-16-26-20-24(28)22-30-18-14-12-10-8-6-4-2/h23-28H,3-22H2,1-2H3. The molecular weight excluding hydrogens is 380 g/mol. The van der Waals surface area contributed by atoms with Crippen molar-refractivity contribution in [2.24, 2.45) is 0 Å². The predicted molar refractivity (Wildman–Crippen MR) is 126 cm³/mol. The van der Waals surface area contributed by atoms with Crippen LogP contribution < -0.4 is 10.6 Å². The zero-order valence-corrected chi connectivity index (χ0v) is 20.0. The maximum absolute atomic E-state index is 9.90. The van der Waals surface area contributed by atoms with E-state index < -0.39 is 12.2 Å². The first-order valence-electron chi connectivity index (χ1n) is 12.6. The first-order chi connectivity index (χ1) is 14.7. The monoisotopic (exact) mass is 432 g/mol. The van der Waals surface area contributed by atoms with Crippen molar-refractivity contribution in [3.8, 4) is 0 Å². The van der Waals surface area contributed by atoms with Crippen molar-refractivity contribution in [1.29, 1.82) is 0 Å². The Morgan fingerprint density at radius 1 is 0.567 bits per heavy atom. The summed E-state index contributed by atoms with van der Waals surface area (Å²) in [6.45, 7) is 9.28. The summed E-state index contributed by atoms with van der Waals surface area (Å²) in [6.07, 6.45) is 14.1. The number of aliphatic hydroxyl groups is 2. The van der Waals surface area contributed by atoms with Crippen LogP contribution in [0, 0.1) is 0 Å². The maximum atomic E-state index is 9.90. The molecule has 0 rings (SSSR count). The van der Waals surface area contributed by atoms with Gasteiger partial charge in [-0.3, -0.25) is 0 Å². The molecule has 0 spiro atoms. The van der Waals surface area contributed by atoms with Gasteiger partial charge in [0.05, 0.1) is 25.4 Å². The molecule has 4 N–H and O–H groups in total. The highest BCUT2D eigenvalue weighted by atomic mass is 16.5. The fraction of sp³-hybridized carbons (Fsp3) is 1.00. The minimum Gasteiger partial charge on any atom is -0.389 e. The van der Waals surface area contributed by atoms with Crippen LogP contribution in [-0.2, 0) is 9.47 Å². The number of hydrogen-bond acceptors (Lipinski definition) is 6. The van der Waals surface area contributed by atoms with Crippen molar-refractivity contribution in [2.45, 2.75) is 103 Å². The van der Waals surface area contributed by atoms with Crippen LogP contribution in [-0.4, -0.2) is 75.0 Å². The fourth-order valence-corrected chi connectivity index (χ4v) is 3.24. The third kappa shape index (κ3) is 24.0. The number of rotatable bonds is 25. The van der Waals surface area contributed by atoms with Crippen molar-refractivity contribution >= 4 is 0 Å². The highest BCUT2D eigenvalue weighted by molar-refractivity contribution is 4.62. The normalized spacial score (nSPS) is 13.6. The summed E-state index contributed by atoms with van der Waals surface area (Å²) in [5.74, 6) is 0. The summed E-state index contributed by atoms with van der Waals surface area (Å²) in [6, 6.07) is 0. The summed E-state index contributed by atoms with van der Waals surface area (Å²) in [4.78, 5) is 0. The van der Waals surface area contributed by atoms with Gasteiger partial charge in [-0.1, -0.05) is 78.1 Å². The van der Waals surface area contributed by atoms with E-state index in [1.807, 2.05) is 0 Å². The van der Waals surface area contributed by atoms with E-state index in [2.05, 4.69) is 24.5 Å². The average Bonchev–Trinajstić information content (AvgIpc) is 2.74. The summed E-state index contributed by atoms with van der Waals surface area (Å²) < 4.78 is 11.1. The second kappa shape index (κ2) is 25.0. The Morgan fingerprint density at radius 2 is 0.933 bits per heavy atom. The van der Waals surface area contributed by atoms with Crippen LogP contribution >= 0.6 is 0 Å². The molecule has 0 saturated carbocycles. The van der Waals surface area contributed by atoms with Gasteiger partial charge in [-0.25, -0.2) is 0 Å². The summed E-state index contributed by atoms with van der Waals surface area (Å²) in [7, 11) is 0. The molecule has 0 aromatic heterocycles. The van der Waals surface area contributed by atoms with Gasteiger partial charge in [0.15, 0.2) is 0 Å². The summed E-state index contributed by atoms with van der Waals surface area (Å²) >= 11 is 0. The molecule has 2 unspecified atom stereocenters. The van der Waals surface area contributed by atoms with E-state index in [-0.39, 0.29) is 0 Å². The van der Waals surface area contributed by atoms with E-state index in [9.17, 15) is 10.2 Å². The van der Waals surface area contributed by atoms with E-state index in [0.717, 1.165) is 39.1 Å². The molecule has 30 heavy (non-hydrogen) atoms. The van der Waals surface area contributed by atoms with Crippen molar-refractivity contribution in [2.75, 3.05) is 52.6 Å². The molecule has 0 amide bonds. The molecule has 0 heterocycles. The van der Waals surface area contributed by atoms with E-state index >= 15 is 0 Å². The van der Waals surface area contributed by atoms with Gasteiger partial charge in [0.2, 0.25) is 0 Å². The molecule has 182 valence electrons. The molecule has 0 bridgehead atoms. The predicted octanol–water partition coefficient (Wildman–Crippen LogP) is 3.64. The van der Waals surface area contributed by atoms with Crippen molar-refractivity contribution < 1.29 is 19.7 Å². The van der Waals surface area contributed by atoms with Crippen LogP contribution in [0.1, 0.15) is 90.9 Å². The molecule has 0 aromatic carbocycles. The van der Waals surface area contributed by atoms with Gasteiger partial charge in [0.1, 0.15) is 0 Å². The van der Waals surface area contributed by atoms with Gasteiger partial charge in [0.25, 0.3) is 0 Å². The van der Waals surface area contributed by atoms with Gasteiger partial charge >= 0.3 is 0 Å². The Bertz CT molecular complexity index is 292. The van der Waals surface area contributed by atoms with Crippen LogP contribution in [0.5, 0.6) is 0 Å². The lowest BCUT2D eigenvalue weighted by atomic mass is 10.1. The fourth-order valence-electron chi connectivity index (χ4n) is 3.24. The number of nitrogens with one attached hydrogen (secondary N) is 2. The van der Waals surface area contributed by atoms with Crippen molar-refractivity contribution in [1.82, 2.24) is 10.6 Å². The number of unbranched alkanes of at least 4 members (excludes halogenated alkanes) is 10. The highest BCUT2D eigenvalue weighted by Gasteiger charge is 2.05. The smallest absolute Gasteiger partial charge is 0.0897 e.